The van der Waals surface area contributed by atoms with Gasteiger partial charge in [-0.05, 0) is 19.9 Å². The first-order valence-corrected chi connectivity index (χ1v) is 3.08. The van der Waals surface area contributed by atoms with E-state index < -0.39 is 5.60 Å². The molecule has 0 aliphatic heterocycles. The van der Waals surface area contributed by atoms with E-state index in [-0.39, 0.29) is 12.5 Å². The normalized spacial score (nSPS) is 10.7. The standard InChI is InChI=1S/C7H13NO2/c1-4-6(9)8-5-7(2,3)10/h4,10H,1,5H2,2-3H3,(H,8,9). The number of rotatable bonds is 3. The van der Waals surface area contributed by atoms with E-state index in [9.17, 15) is 4.79 Å². The van der Waals surface area contributed by atoms with Crippen LogP contribution in [-0.2, 0) is 4.79 Å². The summed E-state index contributed by atoms with van der Waals surface area (Å²) in [7, 11) is 0. The average Bonchev–Trinajstić information content (AvgIpc) is 1.81. The van der Waals surface area contributed by atoms with E-state index in [0.717, 1.165) is 0 Å². The molecule has 0 aromatic rings. The fraction of sp³-hybridized carbons (Fsp3) is 0.571. The Hall–Kier alpha value is -0.830. The summed E-state index contributed by atoms with van der Waals surface area (Å²) in [5.74, 6) is -0.262. The summed E-state index contributed by atoms with van der Waals surface area (Å²) in [6, 6.07) is 0. The van der Waals surface area contributed by atoms with Gasteiger partial charge in [0, 0.05) is 6.54 Å². The smallest absolute Gasteiger partial charge is 0.243 e. The van der Waals surface area contributed by atoms with Crippen LogP contribution in [0.4, 0.5) is 0 Å². The third-order valence-corrected chi connectivity index (χ3v) is 0.881. The fourth-order valence-electron chi connectivity index (χ4n) is 0.376. The third kappa shape index (κ3) is 5.31. The summed E-state index contributed by atoms with van der Waals surface area (Å²) in [6.45, 7) is 6.76. The molecule has 0 aromatic carbocycles. The van der Waals surface area contributed by atoms with Crippen molar-refractivity contribution >= 4 is 5.91 Å². The molecule has 0 heterocycles. The van der Waals surface area contributed by atoms with Crippen molar-refractivity contribution in [1.29, 1.82) is 0 Å². The van der Waals surface area contributed by atoms with Crippen molar-refractivity contribution in [2.45, 2.75) is 19.4 Å². The highest BCUT2D eigenvalue weighted by molar-refractivity contribution is 5.86. The van der Waals surface area contributed by atoms with E-state index in [1.54, 1.807) is 13.8 Å². The molecular formula is C7H13NO2. The van der Waals surface area contributed by atoms with Gasteiger partial charge in [-0.15, -0.1) is 0 Å². The van der Waals surface area contributed by atoms with Gasteiger partial charge in [-0.2, -0.15) is 0 Å². The summed E-state index contributed by atoms with van der Waals surface area (Å²) in [6.07, 6.45) is 1.17. The number of hydrogen-bond acceptors (Lipinski definition) is 2. The molecule has 0 aromatic heterocycles. The molecule has 0 saturated heterocycles. The number of hydrogen-bond donors (Lipinski definition) is 2. The van der Waals surface area contributed by atoms with Gasteiger partial charge in [0.15, 0.2) is 0 Å². The van der Waals surface area contributed by atoms with E-state index in [1.165, 1.54) is 6.08 Å². The van der Waals surface area contributed by atoms with Gasteiger partial charge in [-0.25, -0.2) is 0 Å². The predicted octanol–water partition coefficient (Wildman–Crippen LogP) is 0.0595. The van der Waals surface area contributed by atoms with Gasteiger partial charge in [0.25, 0.3) is 0 Å². The predicted molar refractivity (Wildman–Crippen MR) is 39.5 cm³/mol. The second kappa shape index (κ2) is 3.37. The van der Waals surface area contributed by atoms with Crippen LogP contribution in [-0.4, -0.2) is 23.2 Å². The molecule has 0 saturated carbocycles. The minimum Gasteiger partial charge on any atom is -0.389 e. The van der Waals surface area contributed by atoms with Gasteiger partial charge in [-0.1, -0.05) is 6.58 Å². The monoisotopic (exact) mass is 143 g/mol. The second-order valence-electron chi connectivity index (χ2n) is 2.73. The molecule has 2 N–H and O–H groups in total. The highest BCUT2D eigenvalue weighted by Crippen LogP contribution is 1.96. The molecule has 3 nitrogen and oxygen atoms in total. The first-order chi connectivity index (χ1) is 4.45. The zero-order valence-corrected chi connectivity index (χ0v) is 6.35. The maximum absolute atomic E-state index is 10.5. The van der Waals surface area contributed by atoms with Crippen molar-refractivity contribution < 1.29 is 9.90 Å². The number of aliphatic hydroxyl groups is 1. The van der Waals surface area contributed by atoms with Crippen molar-refractivity contribution in [2.24, 2.45) is 0 Å². The van der Waals surface area contributed by atoms with Gasteiger partial charge in [-0.3, -0.25) is 4.79 Å². The molecule has 0 radical (unpaired) electrons. The Morgan fingerprint density at radius 3 is 2.60 bits per heavy atom. The molecule has 0 spiro atoms. The average molecular weight is 143 g/mol. The summed E-state index contributed by atoms with van der Waals surface area (Å²) >= 11 is 0. The van der Waals surface area contributed by atoms with Crippen LogP contribution in [0.5, 0.6) is 0 Å². The van der Waals surface area contributed by atoms with Gasteiger partial charge in [0.05, 0.1) is 5.60 Å². The molecule has 58 valence electrons. The van der Waals surface area contributed by atoms with E-state index >= 15 is 0 Å². The minimum absolute atomic E-state index is 0.248. The van der Waals surface area contributed by atoms with E-state index in [2.05, 4.69) is 11.9 Å². The van der Waals surface area contributed by atoms with Crippen molar-refractivity contribution in [3.05, 3.63) is 12.7 Å². The number of carbonyl (C=O) groups is 1. The van der Waals surface area contributed by atoms with Crippen LogP contribution < -0.4 is 5.32 Å². The highest BCUT2D eigenvalue weighted by atomic mass is 16.3. The minimum atomic E-state index is -0.849. The Labute approximate surface area is 60.7 Å². The van der Waals surface area contributed by atoms with Gasteiger partial charge in [0.2, 0.25) is 5.91 Å². The van der Waals surface area contributed by atoms with Crippen LogP contribution in [0.1, 0.15) is 13.8 Å². The maximum atomic E-state index is 10.5. The number of carbonyl (C=O) groups excluding carboxylic acids is 1. The Kier molecular flexibility index (Phi) is 3.09. The molecule has 1 amide bonds. The van der Waals surface area contributed by atoms with Gasteiger partial charge in [0.1, 0.15) is 0 Å². The quantitative estimate of drug-likeness (QED) is 0.549. The second-order valence-corrected chi connectivity index (χ2v) is 2.73. The Morgan fingerprint density at radius 1 is 1.80 bits per heavy atom. The molecule has 0 bridgehead atoms. The highest BCUT2D eigenvalue weighted by Gasteiger charge is 2.11. The first-order valence-electron chi connectivity index (χ1n) is 3.08. The van der Waals surface area contributed by atoms with Crippen molar-refractivity contribution in [3.63, 3.8) is 0 Å². The van der Waals surface area contributed by atoms with E-state index in [0.29, 0.717) is 0 Å². The molecule has 3 heteroatoms. The van der Waals surface area contributed by atoms with Gasteiger partial charge >= 0.3 is 0 Å². The summed E-state index contributed by atoms with van der Waals surface area (Å²) in [4.78, 5) is 10.5. The molecule has 0 rings (SSSR count). The van der Waals surface area contributed by atoms with Crippen LogP contribution in [0, 0.1) is 0 Å². The Bertz CT molecular complexity index is 135. The molecule has 0 aliphatic carbocycles. The van der Waals surface area contributed by atoms with Crippen LogP contribution in [0.2, 0.25) is 0 Å². The van der Waals surface area contributed by atoms with Crippen LogP contribution in [0.25, 0.3) is 0 Å². The zero-order valence-electron chi connectivity index (χ0n) is 6.35. The molecule has 0 unspecified atom stereocenters. The van der Waals surface area contributed by atoms with E-state index in [4.69, 9.17) is 5.11 Å². The van der Waals surface area contributed by atoms with Crippen LogP contribution >= 0.6 is 0 Å². The molecule has 0 aliphatic rings. The third-order valence-electron chi connectivity index (χ3n) is 0.881. The zero-order chi connectivity index (χ0) is 8.20. The van der Waals surface area contributed by atoms with Crippen molar-refractivity contribution in [1.82, 2.24) is 5.32 Å². The van der Waals surface area contributed by atoms with Gasteiger partial charge < -0.3 is 10.4 Å². The Balaban J connectivity index is 3.55. The molecule has 0 fully saturated rings. The largest absolute Gasteiger partial charge is 0.389 e. The lowest BCUT2D eigenvalue weighted by molar-refractivity contribution is -0.117. The van der Waals surface area contributed by atoms with E-state index in [1.807, 2.05) is 0 Å². The lowest BCUT2D eigenvalue weighted by Crippen LogP contribution is -2.37. The Morgan fingerprint density at radius 2 is 2.30 bits per heavy atom. The summed E-state index contributed by atoms with van der Waals surface area (Å²) in [5.41, 5.74) is -0.849. The SMILES string of the molecule is C=CC(=O)NCC(C)(C)O. The number of amides is 1. The molecule has 10 heavy (non-hydrogen) atoms. The lowest BCUT2D eigenvalue weighted by Gasteiger charge is -2.16. The molecular weight excluding hydrogens is 130 g/mol. The van der Waals surface area contributed by atoms with Crippen LogP contribution in [0.15, 0.2) is 12.7 Å². The fourth-order valence-corrected chi connectivity index (χ4v) is 0.376. The maximum Gasteiger partial charge on any atom is 0.243 e. The first kappa shape index (κ1) is 9.17. The lowest BCUT2D eigenvalue weighted by atomic mass is 10.1. The summed E-state index contributed by atoms with van der Waals surface area (Å²) < 4.78 is 0. The molecule has 0 atom stereocenters. The topological polar surface area (TPSA) is 49.3 Å². The van der Waals surface area contributed by atoms with Crippen molar-refractivity contribution in [3.8, 4) is 0 Å². The van der Waals surface area contributed by atoms with Crippen molar-refractivity contribution in [2.75, 3.05) is 6.54 Å². The number of nitrogens with one attached hydrogen (secondary N) is 1. The van der Waals surface area contributed by atoms with Crippen LogP contribution in [0.3, 0.4) is 0 Å². The summed E-state index contributed by atoms with van der Waals surface area (Å²) in [5, 5.41) is 11.6.